The Kier molecular flexibility index (Phi) is 3.84. The van der Waals surface area contributed by atoms with E-state index in [1.165, 1.54) is 6.42 Å². The first-order valence-corrected chi connectivity index (χ1v) is 8.53. The molecule has 120 valence electrons. The van der Waals surface area contributed by atoms with Gasteiger partial charge in [-0.1, -0.05) is 29.3 Å². The van der Waals surface area contributed by atoms with Crippen LogP contribution in [0, 0.1) is 6.92 Å². The Balaban J connectivity index is 1.79. The van der Waals surface area contributed by atoms with Crippen molar-refractivity contribution in [1.29, 1.82) is 0 Å². The predicted octanol–water partition coefficient (Wildman–Crippen LogP) is 5.35. The van der Waals surface area contributed by atoms with Gasteiger partial charge in [0.1, 0.15) is 6.23 Å². The highest BCUT2D eigenvalue weighted by Gasteiger charge is 2.19. The fourth-order valence-corrected chi connectivity index (χ4v) is 3.63. The molecule has 1 atom stereocenters. The zero-order valence-electron chi connectivity index (χ0n) is 12.8. The molecule has 0 radical (unpaired) electrons. The molecule has 0 bridgehead atoms. The van der Waals surface area contributed by atoms with Crippen LogP contribution in [0.4, 0.5) is 0 Å². The van der Waals surface area contributed by atoms with Crippen molar-refractivity contribution in [3.63, 3.8) is 0 Å². The van der Waals surface area contributed by atoms with E-state index in [4.69, 9.17) is 27.9 Å². The monoisotopic (exact) mass is 349 g/mol. The molecule has 1 aliphatic rings. The number of aromatic nitrogens is 3. The predicted molar refractivity (Wildman–Crippen MR) is 93.1 cm³/mol. The zero-order valence-corrected chi connectivity index (χ0v) is 14.3. The Morgan fingerprint density at radius 1 is 1.30 bits per heavy atom. The van der Waals surface area contributed by atoms with Crippen molar-refractivity contribution in [1.82, 2.24) is 14.8 Å². The number of H-pyrrole nitrogens is 1. The highest BCUT2D eigenvalue weighted by Crippen LogP contribution is 2.38. The van der Waals surface area contributed by atoms with Gasteiger partial charge >= 0.3 is 0 Å². The normalized spacial score (nSPS) is 18.7. The van der Waals surface area contributed by atoms with Gasteiger partial charge < -0.3 is 9.72 Å². The van der Waals surface area contributed by atoms with E-state index in [0.717, 1.165) is 47.2 Å². The second kappa shape index (κ2) is 5.86. The highest BCUT2D eigenvalue weighted by molar-refractivity contribution is 6.45. The van der Waals surface area contributed by atoms with E-state index in [1.54, 1.807) is 0 Å². The summed E-state index contributed by atoms with van der Waals surface area (Å²) >= 11 is 12.4. The molecular weight excluding hydrogens is 333 g/mol. The number of aryl methyl sites for hydroxylation is 1. The number of nitrogens with one attached hydrogen (secondary N) is 1. The van der Waals surface area contributed by atoms with E-state index < -0.39 is 0 Å². The number of hydrogen-bond donors (Lipinski definition) is 1. The van der Waals surface area contributed by atoms with E-state index >= 15 is 0 Å². The van der Waals surface area contributed by atoms with E-state index in [-0.39, 0.29) is 6.23 Å². The molecule has 3 aromatic rings. The summed E-state index contributed by atoms with van der Waals surface area (Å²) in [6, 6.07) is 3.83. The number of aromatic amines is 1. The molecule has 0 spiro atoms. The first kappa shape index (κ1) is 15.1. The number of benzene rings is 1. The zero-order chi connectivity index (χ0) is 16.0. The Bertz CT molecular complexity index is 862. The van der Waals surface area contributed by atoms with E-state index in [2.05, 4.69) is 10.1 Å². The van der Waals surface area contributed by atoms with Gasteiger partial charge in [0.15, 0.2) is 0 Å². The highest BCUT2D eigenvalue weighted by atomic mass is 35.5. The standard InChI is InChI=1S/C17H17Cl2N3O/c1-10-15(12-5-6-13(18)16(19)17(12)21-10)11-8-20-22(9-11)14-4-2-3-7-23-14/h5-6,8-9,14,21H,2-4,7H2,1H3. The number of nitrogens with zero attached hydrogens (tertiary/aromatic N) is 2. The Labute approximate surface area is 144 Å². The Hall–Kier alpha value is -1.49. The summed E-state index contributed by atoms with van der Waals surface area (Å²) in [7, 11) is 0. The van der Waals surface area contributed by atoms with Crippen LogP contribution in [0.2, 0.25) is 10.0 Å². The summed E-state index contributed by atoms with van der Waals surface area (Å²) in [5.41, 5.74) is 4.09. The molecule has 1 N–H and O–H groups in total. The lowest BCUT2D eigenvalue weighted by Crippen LogP contribution is -2.18. The summed E-state index contributed by atoms with van der Waals surface area (Å²) in [5, 5.41) is 6.67. The molecule has 1 aromatic carbocycles. The van der Waals surface area contributed by atoms with Gasteiger partial charge in [-0.3, -0.25) is 0 Å². The summed E-state index contributed by atoms with van der Waals surface area (Å²) < 4.78 is 7.72. The molecule has 3 heterocycles. The molecule has 0 aliphatic carbocycles. The van der Waals surface area contributed by atoms with Crippen LogP contribution in [-0.2, 0) is 4.74 Å². The quantitative estimate of drug-likeness (QED) is 0.677. The molecule has 0 amide bonds. The molecule has 0 saturated carbocycles. The van der Waals surface area contributed by atoms with Gasteiger partial charge in [-0.25, -0.2) is 4.68 Å². The van der Waals surface area contributed by atoms with Crippen LogP contribution >= 0.6 is 23.2 Å². The summed E-state index contributed by atoms with van der Waals surface area (Å²) in [4.78, 5) is 3.34. The molecule has 23 heavy (non-hydrogen) atoms. The third-order valence-corrected chi connectivity index (χ3v) is 5.20. The maximum absolute atomic E-state index is 6.32. The molecule has 1 saturated heterocycles. The first-order chi connectivity index (χ1) is 11.1. The minimum atomic E-state index is 0.0426. The van der Waals surface area contributed by atoms with Crippen LogP contribution in [0.3, 0.4) is 0 Å². The van der Waals surface area contributed by atoms with Gasteiger partial charge in [-0.2, -0.15) is 5.10 Å². The minimum Gasteiger partial charge on any atom is -0.357 e. The van der Waals surface area contributed by atoms with E-state index in [1.807, 2.05) is 36.1 Å². The van der Waals surface area contributed by atoms with Gasteiger partial charge in [-0.05, 0) is 32.3 Å². The Morgan fingerprint density at radius 2 is 2.17 bits per heavy atom. The van der Waals surface area contributed by atoms with Crippen molar-refractivity contribution in [2.75, 3.05) is 6.61 Å². The van der Waals surface area contributed by atoms with Crippen LogP contribution in [0.15, 0.2) is 24.5 Å². The lowest BCUT2D eigenvalue weighted by molar-refractivity contribution is -0.0394. The van der Waals surface area contributed by atoms with Crippen molar-refractivity contribution in [3.05, 3.63) is 40.3 Å². The average Bonchev–Trinajstić information content (AvgIpc) is 3.16. The van der Waals surface area contributed by atoms with E-state index in [0.29, 0.717) is 10.0 Å². The van der Waals surface area contributed by atoms with Crippen LogP contribution in [0.5, 0.6) is 0 Å². The van der Waals surface area contributed by atoms with Crippen molar-refractivity contribution in [3.8, 4) is 11.1 Å². The topological polar surface area (TPSA) is 42.8 Å². The van der Waals surface area contributed by atoms with Gasteiger partial charge in [0.2, 0.25) is 0 Å². The second-order valence-corrected chi connectivity index (χ2v) is 6.72. The van der Waals surface area contributed by atoms with Gasteiger partial charge in [-0.15, -0.1) is 0 Å². The number of ether oxygens (including phenoxy) is 1. The SMILES string of the molecule is Cc1[nH]c2c(Cl)c(Cl)ccc2c1-c1cnn(C2CCCCO2)c1. The average molecular weight is 350 g/mol. The number of halogens is 2. The van der Waals surface area contributed by atoms with E-state index in [9.17, 15) is 0 Å². The lowest BCUT2D eigenvalue weighted by Gasteiger charge is -2.22. The first-order valence-electron chi connectivity index (χ1n) is 7.77. The molecule has 6 heteroatoms. The van der Waals surface area contributed by atoms with Crippen LogP contribution in [0.25, 0.3) is 22.0 Å². The van der Waals surface area contributed by atoms with Gasteiger partial charge in [0.05, 0.1) is 21.8 Å². The third kappa shape index (κ3) is 2.55. The molecule has 4 nitrogen and oxygen atoms in total. The summed E-state index contributed by atoms with van der Waals surface area (Å²) in [5.74, 6) is 0. The van der Waals surface area contributed by atoms with Gasteiger partial charge in [0.25, 0.3) is 0 Å². The summed E-state index contributed by atoms with van der Waals surface area (Å²) in [6.07, 6.45) is 7.30. The largest absolute Gasteiger partial charge is 0.357 e. The third-order valence-electron chi connectivity index (χ3n) is 4.39. The smallest absolute Gasteiger partial charge is 0.150 e. The molecule has 1 aliphatic heterocycles. The van der Waals surface area contributed by atoms with Crippen LogP contribution < -0.4 is 0 Å². The fraction of sp³-hybridized carbons (Fsp3) is 0.353. The van der Waals surface area contributed by atoms with Crippen LogP contribution in [-0.4, -0.2) is 21.4 Å². The van der Waals surface area contributed by atoms with Gasteiger partial charge in [0, 0.05) is 35.0 Å². The van der Waals surface area contributed by atoms with Crippen molar-refractivity contribution in [2.24, 2.45) is 0 Å². The number of hydrogen-bond acceptors (Lipinski definition) is 2. The number of rotatable bonds is 2. The molecule has 1 fully saturated rings. The molecule has 4 rings (SSSR count). The lowest BCUT2D eigenvalue weighted by atomic mass is 10.1. The molecule has 1 unspecified atom stereocenters. The van der Waals surface area contributed by atoms with Crippen molar-refractivity contribution in [2.45, 2.75) is 32.4 Å². The Morgan fingerprint density at radius 3 is 2.96 bits per heavy atom. The number of fused-ring (bicyclic) bond motifs is 1. The second-order valence-electron chi connectivity index (χ2n) is 5.94. The summed E-state index contributed by atoms with van der Waals surface area (Å²) in [6.45, 7) is 2.84. The van der Waals surface area contributed by atoms with Crippen molar-refractivity contribution < 1.29 is 4.74 Å². The fourth-order valence-electron chi connectivity index (χ4n) is 3.26. The molecular formula is C17H17Cl2N3O. The molecule has 2 aromatic heterocycles. The van der Waals surface area contributed by atoms with Crippen molar-refractivity contribution >= 4 is 34.1 Å². The maximum atomic E-state index is 6.32. The maximum Gasteiger partial charge on any atom is 0.150 e. The minimum absolute atomic E-state index is 0.0426. The van der Waals surface area contributed by atoms with Crippen LogP contribution in [0.1, 0.15) is 31.2 Å².